The minimum atomic E-state index is -1.81. The lowest BCUT2D eigenvalue weighted by Gasteiger charge is -2.22. The van der Waals surface area contributed by atoms with Gasteiger partial charge >= 0.3 is 11.9 Å². The molecule has 2 N–H and O–H groups in total. The standard InChI is InChI=1S/C9H14O5/c1-3-9(7(11)12,8(13)14)5-4-6(2)10/h3-5H2,1-2H3,(H,11,12)(H,13,14). The molecule has 0 aliphatic rings. The van der Waals surface area contributed by atoms with Gasteiger partial charge in [0.05, 0.1) is 0 Å². The van der Waals surface area contributed by atoms with Gasteiger partial charge in [0, 0.05) is 6.42 Å². The molecule has 5 nitrogen and oxygen atoms in total. The van der Waals surface area contributed by atoms with Gasteiger partial charge in [-0.25, -0.2) is 0 Å². The third kappa shape index (κ3) is 2.55. The Morgan fingerprint density at radius 1 is 1.14 bits per heavy atom. The smallest absolute Gasteiger partial charge is 0.321 e. The number of Topliss-reactive ketones (excluding diaryl/α,β-unsaturated/α-hetero) is 1. The Morgan fingerprint density at radius 3 is 1.79 bits per heavy atom. The van der Waals surface area contributed by atoms with E-state index in [0.29, 0.717) is 0 Å². The Balaban J connectivity index is 4.77. The normalized spacial score (nSPS) is 11.0. The molecule has 0 aromatic carbocycles. The van der Waals surface area contributed by atoms with Crippen molar-refractivity contribution in [3.63, 3.8) is 0 Å². The number of rotatable bonds is 6. The van der Waals surface area contributed by atoms with Crippen LogP contribution in [0.15, 0.2) is 0 Å². The minimum absolute atomic E-state index is 0.0214. The van der Waals surface area contributed by atoms with E-state index in [2.05, 4.69) is 0 Å². The highest BCUT2D eigenvalue weighted by Gasteiger charge is 2.44. The second-order valence-electron chi connectivity index (χ2n) is 3.25. The van der Waals surface area contributed by atoms with E-state index in [4.69, 9.17) is 10.2 Å². The molecule has 0 aliphatic heterocycles. The number of carboxylic acids is 2. The lowest BCUT2D eigenvalue weighted by atomic mass is 9.80. The molecule has 0 saturated heterocycles. The molecule has 0 aromatic rings. The Bertz CT molecular complexity index is 242. The molecular weight excluding hydrogens is 188 g/mol. The first kappa shape index (κ1) is 12.6. The van der Waals surface area contributed by atoms with Gasteiger partial charge < -0.3 is 15.0 Å². The molecule has 5 heteroatoms. The summed E-state index contributed by atoms with van der Waals surface area (Å²) >= 11 is 0. The van der Waals surface area contributed by atoms with E-state index in [1.54, 1.807) is 0 Å². The molecule has 0 aliphatic carbocycles. The predicted octanol–water partition coefficient (Wildman–Crippen LogP) is 0.921. The van der Waals surface area contributed by atoms with Crippen molar-refractivity contribution in [1.82, 2.24) is 0 Å². The van der Waals surface area contributed by atoms with E-state index in [1.165, 1.54) is 13.8 Å². The molecule has 0 rings (SSSR count). The Kier molecular flexibility index (Phi) is 4.27. The van der Waals surface area contributed by atoms with E-state index < -0.39 is 17.4 Å². The molecule has 0 spiro atoms. The van der Waals surface area contributed by atoms with Crippen LogP contribution >= 0.6 is 0 Å². The summed E-state index contributed by atoms with van der Waals surface area (Å²) in [6.07, 6.45) is -0.194. The first-order chi connectivity index (χ1) is 6.36. The van der Waals surface area contributed by atoms with Gasteiger partial charge in [0.2, 0.25) is 0 Å². The van der Waals surface area contributed by atoms with E-state index >= 15 is 0 Å². The summed E-state index contributed by atoms with van der Waals surface area (Å²) in [5, 5.41) is 17.6. The molecule has 14 heavy (non-hydrogen) atoms. The topological polar surface area (TPSA) is 91.7 Å². The fourth-order valence-corrected chi connectivity index (χ4v) is 1.17. The summed E-state index contributed by atoms with van der Waals surface area (Å²) < 4.78 is 0. The zero-order valence-corrected chi connectivity index (χ0v) is 8.24. The second kappa shape index (κ2) is 4.74. The van der Waals surface area contributed by atoms with Crippen molar-refractivity contribution in [2.24, 2.45) is 5.41 Å². The van der Waals surface area contributed by atoms with Crippen molar-refractivity contribution in [2.75, 3.05) is 0 Å². The van der Waals surface area contributed by atoms with Crippen LogP contribution in [0, 0.1) is 5.41 Å². The number of carboxylic acid groups (broad SMARTS) is 2. The fraction of sp³-hybridized carbons (Fsp3) is 0.667. The van der Waals surface area contributed by atoms with Gasteiger partial charge in [0.15, 0.2) is 5.41 Å². The third-order valence-electron chi connectivity index (χ3n) is 2.33. The highest BCUT2D eigenvalue weighted by molar-refractivity contribution is 5.98. The summed E-state index contributed by atoms with van der Waals surface area (Å²) in [6, 6.07) is 0. The van der Waals surface area contributed by atoms with Gasteiger partial charge in [-0.3, -0.25) is 9.59 Å². The van der Waals surface area contributed by atoms with Crippen molar-refractivity contribution in [3.05, 3.63) is 0 Å². The van der Waals surface area contributed by atoms with Gasteiger partial charge in [0.25, 0.3) is 0 Å². The maximum atomic E-state index is 10.8. The van der Waals surface area contributed by atoms with Crippen LogP contribution in [-0.2, 0) is 14.4 Å². The molecule has 0 radical (unpaired) electrons. The lowest BCUT2D eigenvalue weighted by molar-refractivity contribution is -0.165. The monoisotopic (exact) mass is 202 g/mol. The van der Waals surface area contributed by atoms with Crippen molar-refractivity contribution in [2.45, 2.75) is 33.1 Å². The molecule has 0 atom stereocenters. The summed E-state index contributed by atoms with van der Waals surface area (Å²) in [6.45, 7) is 2.80. The number of carbonyl (C=O) groups excluding carboxylic acids is 1. The summed E-state index contributed by atoms with van der Waals surface area (Å²) in [5.74, 6) is -2.96. The molecule has 80 valence electrons. The van der Waals surface area contributed by atoms with Crippen LogP contribution in [0.2, 0.25) is 0 Å². The molecular formula is C9H14O5. The lowest BCUT2D eigenvalue weighted by Crippen LogP contribution is -2.39. The quantitative estimate of drug-likeness (QED) is 0.625. The second-order valence-corrected chi connectivity index (χ2v) is 3.25. The highest BCUT2D eigenvalue weighted by atomic mass is 16.4. The number of aliphatic carboxylic acids is 2. The average Bonchev–Trinajstić information content (AvgIpc) is 2.04. The van der Waals surface area contributed by atoms with Crippen LogP contribution in [0.3, 0.4) is 0 Å². The van der Waals surface area contributed by atoms with Crippen LogP contribution in [0.1, 0.15) is 33.1 Å². The van der Waals surface area contributed by atoms with E-state index in [1.807, 2.05) is 0 Å². The zero-order chi connectivity index (χ0) is 11.4. The predicted molar refractivity (Wildman–Crippen MR) is 47.9 cm³/mol. The van der Waals surface area contributed by atoms with Crippen LogP contribution in [0.4, 0.5) is 0 Å². The van der Waals surface area contributed by atoms with Crippen LogP contribution in [0.25, 0.3) is 0 Å². The number of carbonyl (C=O) groups is 3. The van der Waals surface area contributed by atoms with E-state index in [0.717, 1.165) is 0 Å². The minimum Gasteiger partial charge on any atom is -0.480 e. The average molecular weight is 202 g/mol. The largest absolute Gasteiger partial charge is 0.480 e. The Labute approximate surface area is 81.7 Å². The zero-order valence-electron chi connectivity index (χ0n) is 8.24. The summed E-state index contributed by atoms with van der Waals surface area (Å²) in [4.78, 5) is 32.3. The number of hydrogen-bond acceptors (Lipinski definition) is 3. The SMILES string of the molecule is CCC(CCC(C)=O)(C(=O)O)C(=O)O. The maximum absolute atomic E-state index is 10.8. The van der Waals surface area contributed by atoms with Crippen LogP contribution in [-0.4, -0.2) is 27.9 Å². The van der Waals surface area contributed by atoms with Gasteiger partial charge in [-0.2, -0.15) is 0 Å². The summed E-state index contributed by atoms with van der Waals surface area (Å²) in [7, 11) is 0. The summed E-state index contributed by atoms with van der Waals surface area (Å²) in [5.41, 5.74) is -1.81. The maximum Gasteiger partial charge on any atom is 0.321 e. The van der Waals surface area contributed by atoms with Crippen LogP contribution in [0.5, 0.6) is 0 Å². The van der Waals surface area contributed by atoms with Gasteiger partial charge in [-0.15, -0.1) is 0 Å². The van der Waals surface area contributed by atoms with E-state index in [9.17, 15) is 14.4 Å². The fourth-order valence-electron chi connectivity index (χ4n) is 1.17. The van der Waals surface area contributed by atoms with E-state index in [-0.39, 0.29) is 25.0 Å². The van der Waals surface area contributed by atoms with Crippen molar-refractivity contribution >= 4 is 17.7 Å². The van der Waals surface area contributed by atoms with Gasteiger partial charge in [0.1, 0.15) is 5.78 Å². The molecule has 0 amide bonds. The van der Waals surface area contributed by atoms with Gasteiger partial charge in [-0.05, 0) is 19.8 Å². The van der Waals surface area contributed by atoms with Crippen molar-refractivity contribution in [3.8, 4) is 0 Å². The van der Waals surface area contributed by atoms with Crippen LogP contribution < -0.4 is 0 Å². The number of hydrogen-bond donors (Lipinski definition) is 2. The first-order valence-electron chi connectivity index (χ1n) is 4.33. The molecule has 0 unspecified atom stereocenters. The molecule has 0 fully saturated rings. The number of ketones is 1. The third-order valence-corrected chi connectivity index (χ3v) is 2.33. The van der Waals surface area contributed by atoms with Gasteiger partial charge in [-0.1, -0.05) is 6.92 Å². The molecule has 0 saturated carbocycles. The molecule has 0 aromatic heterocycles. The Morgan fingerprint density at radius 2 is 1.57 bits per heavy atom. The highest BCUT2D eigenvalue weighted by Crippen LogP contribution is 2.29. The first-order valence-corrected chi connectivity index (χ1v) is 4.33. The molecule has 0 heterocycles. The van der Waals surface area contributed by atoms with Crippen molar-refractivity contribution in [1.29, 1.82) is 0 Å². The molecule has 0 bridgehead atoms. The van der Waals surface area contributed by atoms with Crippen molar-refractivity contribution < 1.29 is 24.6 Å². The Hall–Kier alpha value is -1.39.